The fourth-order valence-corrected chi connectivity index (χ4v) is 4.33. The van der Waals surface area contributed by atoms with Gasteiger partial charge >= 0.3 is 0 Å². The molecular weight excluding hydrogens is 469 g/mol. The minimum absolute atomic E-state index is 0.0152. The number of piperazine rings is 1. The van der Waals surface area contributed by atoms with Crippen LogP contribution in [0.25, 0.3) is 16.6 Å². The van der Waals surface area contributed by atoms with E-state index in [-0.39, 0.29) is 10.9 Å². The Bertz CT molecular complexity index is 1490. The summed E-state index contributed by atoms with van der Waals surface area (Å²) < 4.78 is 43.8. The number of carbonyl (C=O) groups excluding carboxylic acids is 1. The summed E-state index contributed by atoms with van der Waals surface area (Å²) in [6.07, 6.45) is 1.36. The predicted octanol–water partition coefficient (Wildman–Crippen LogP) is 4.41. The lowest BCUT2D eigenvalue weighted by atomic mass is 10.1. The molecule has 36 heavy (non-hydrogen) atoms. The molecule has 1 N–H and O–H groups in total. The lowest BCUT2D eigenvalue weighted by Gasteiger charge is -2.34. The second kappa shape index (κ2) is 9.50. The van der Waals surface area contributed by atoms with Crippen molar-refractivity contribution in [3.63, 3.8) is 0 Å². The summed E-state index contributed by atoms with van der Waals surface area (Å²) in [5.74, 6) is -2.20. The smallest absolute Gasteiger partial charge is 0.261 e. The van der Waals surface area contributed by atoms with Gasteiger partial charge in [-0.25, -0.2) is 13.2 Å². The van der Waals surface area contributed by atoms with Crippen LogP contribution in [0.1, 0.15) is 10.4 Å². The molecule has 0 bridgehead atoms. The Morgan fingerprint density at radius 2 is 1.47 bits per heavy atom. The maximum absolute atomic E-state index is 15.3. The third-order valence-electron chi connectivity index (χ3n) is 6.37. The number of benzene rings is 3. The van der Waals surface area contributed by atoms with Gasteiger partial charge in [-0.2, -0.15) is 0 Å². The number of rotatable bonds is 4. The van der Waals surface area contributed by atoms with Crippen molar-refractivity contribution in [1.29, 1.82) is 0 Å². The van der Waals surface area contributed by atoms with Crippen LogP contribution in [0.5, 0.6) is 0 Å². The number of aromatic nitrogens is 1. The summed E-state index contributed by atoms with van der Waals surface area (Å²) >= 11 is 0. The monoisotopic (exact) mass is 492 g/mol. The number of likely N-dealkylation sites (N-methyl/N-ethyl adjacent to an activating group) is 1. The molecule has 3 aromatic carbocycles. The first kappa shape index (κ1) is 23.6. The molecule has 0 atom stereocenters. The molecule has 4 aromatic rings. The highest BCUT2D eigenvalue weighted by Crippen LogP contribution is 2.28. The van der Waals surface area contributed by atoms with E-state index in [4.69, 9.17) is 0 Å². The highest BCUT2D eigenvalue weighted by molar-refractivity contribution is 6.06. The van der Waals surface area contributed by atoms with E-state index in [1.165, 1.54) is 54.7 Å². The van der Waals surface area contributed by atoms with Gasteiger partial charge in [-0.05, 0) is 67.7 Å². The highest BCUT2D eigenvalue weighted by Gasteiger charge is 2.22. The molecule has 6 nitrogen and oxygen atoms in total. The van der Waals surface area contributed by atoms with Gasteiger partial charge in [0.1, 0.15) is 23.0 Å². The van der Waals surface area contributed by atoms with E-state index >= 15 is 4.39 Å². The number of nitrogens with one attached hydrogen (secondary N) is 1. The summed E-state index contributed by atoms with van der Waals surface area (Å²) in [6.45, 7) is 2.78. The molecule has 0 unspecified atom stereocenters. The number of anilines is 2. The van der Waals surface area contributed by atoms with Crippen molar-refractivity contribution < 1.29 is 18.0 Å². The van der Waals surface area contributed by atoms with Gasteiger partial charge in [0.25, 0.3) is 5.91 Å². The molecule has 184 valence electrons. The number of amides is 1. The Labute approximate surface area is 205 Å². The average Bonchev–Trinajstić information content (AvgIpc) is 2.87. The van der Waals surface area contributed by atoms with Crippen LogP contribution in [0.4, 0.5) is 24.5 Å². The Hall–Kier alpha value is -4.11. The van der Waals surface area contributed by atoms with Crippen molar-refractivity contribution in [3.8, 4) is 5.69 Å². The Kier molecular flexibility index (Phi) is 6.24. The largest absolute Gasteiger partial charge is 0.367 e. The Morgan fingerprint density at radius 3 is 2.11 bits per heavy atom. The second-order valence-electron chi connectivity index (χ2n) is 8.79. The first-order valence-electron chi connectivity index (χ1n) is 11.5. The average molecular weight is 493 g/mol. The van der Waals surface area contributed by atoms with Crippen LogP contribution in [0.15, 0.2) is 71.7 Å². The zero-order chi connectivity index (χ0) is 25.4. The fraction of sp³-hybridized carbons (Fsp3) is 0.185. The number of hydrogen-bond donors (Lipinski definition) is 1. The lowest BCUT2D eigenvalue weighted by Crippen LogP contribution is -2.44. The molecule has 2 heterocycles. The Balaban J connectivity index is 1.66. The van der Waals surface area contributed by atoms with Crippen molar-refractivity contribution in [1.82, 2.24) is 9.47 Å². The number of carbonyl (C=O) groups is 1. The highest BCUT2D eigenvalue weighted by atomic mass is 19.1. The van der Waals surface area contributed by atoms with Crippen LogP contribution in [0, 0.1) is 17.5 Å². The molecule has 0 saturated carbocycles. The van der Waals surface area contributed by atoms with E-state index in [0.29, 0.717) is 35.7 Å². The maximum Gasteiger partial charge on any atom is 0.261 e. The lowest BCUT2D eigenvalue weighted by molar-refractivity contribution is 0.102. The quantitative estimate of drug-likeness (QED) is 0.459. The van der Waals surface area contributed by atoms with Crippen molar-refractivity contribution in [2.45, 2.75) is 0 Å². The number of hydrogen-bond acceptors (Lipinski definition) is 4. The molecule has 0 spiro atoms. The van der Waals surface area contributed by atoms with Gasteiger partial charge in [-0.15, -0.1) is 0 Å². The van der Waals surface area contributed by atoms with Crippen LogP contribution in [0.3, 0.4) is 0 Å². The number of pyridine rings is 1. The summed E-state index contributed by atoms with van der Waals surface area (Å²) in [7, 11) is 2.00. The van der Waals surface area contributed by atoms with Crippen LogP contribution >= 0.6 is 0 Å². The molecule has 1 saturated heterocycles. The van der Waals surface area contributed by atoms with E-state index in [0.717, 1.165) is 19.2 Å². The van der Waals surface area contributed by atoms with Crippen molar-refractivity contribution in [2.75, 3.05) is 43.4 Å². The molecule has 0 aliphatic carbocycles. The van der Waals surface area contributed by atoms with E-state index in [2.05, 4.69) is 10.2 Å². The zero-order valence-electron chi connectivity index (χ0n) is 19.5. The molecule has 5 rings (SSSR count). The van der Waals surface area contributed by atoms with Crippen LogP contribution in [-0.4, -0.2) is 48.6 Å². The SMILES string of the molecule is CN1CCN(c2cc3c(cc2F)c(=O)c(C(=O)Nc2ccc(F)cc2)cn3-c2ccc(F)cc2)CC1. The number of nitrogens with zero attached hydrogens (tertiary/aromatic N) is 3. The van der Waals surface area contributed by atoms with Crippen molar-refractivity contribution in [3.05, 3.63) is 100 Å². The van der Waals surface area contributed by atoms with Crippen LogP contribution in [0.2, 0.25) is 0 Å². The van der Waals surface area contributed by atoms with Crippen LogP contribution < -0.4 is 15.6 Å². The fourth-order valence-electron chi connectivity index (χ4n) is 4.33. The van der Waals surface area contributed by atoms with Crippen LogP contribution in [-0.2, 0) is 0 Å². The van der Waals surface area contributed by atoms with Gasteiger partial charge in [0.05, 0.1) is 11.2 Å². The topological polar surface area (TPSA) is 57.6 Å². The standard InChI is InChI=1S/C27H23F3N4O2/c1-32-10-12-33(13-11-32)25-15-24-21(14-23(25)30)26(35)22(16-34(24)20-8-4-18(29)5-9-20)27(36)31-19-6-2-17(28)3-7-19/h2-9,14-16H,10-13H2,1H3,(H,31,36). The van der Waals surface area contributed by atoms with Gasteiger partial charge in [0, 0.05) is 49.1 Å². The summed E-state index contributed by atoms with van der Waals surface area (Å²) in [5.41, 5.74) is 0.656. The van der Waals surface area contributed by atoms with E-state index in [1.807, 2.05) is 11.9 Å². The number of fused-ring (bicyclic) bond motifs is 1. The normalized spacial score (nSPS) is 14.3. The predicted molar refractivity (Wildman–Crippen MR) is 134 cm³/mol. The minimum Gasteiger partial charge on any atom is -0.367 e. The van der Waals surface area contributed by atoms with Gasteiger partial charge in [-0.3, -0.25) is 9.59 Å². The molecular formula is C27H23F3N4O2. The van der Waals surface area contributed by atoms with Gasteiger partial charge in [0.15, 0.2) is 0 Å². The molecule has 1 fully saturated rings. The molecule has 0 radical (unpaired) electrons. The van der Waals surface area contributed by atoms with E-state index in [1.54, 1.807) is 10.6 Å². The van der Waals surface area contributed by atoms with Gasteiger partial charge < -0.3 is 19.7 Å². The first-order chi connectivity index (χ1) is 17.3. The molecule has 1 amide bonds. The molecule has 9 heteroatoms. The van der Waals surface area contributed by atoms with E-state index < -0.39 is 28.8 Å². The van der Waals surface area contributed by atoms with Crippen molar-refractivity contribution in [2.24, 2.45) is 0 Å². The molecule has 1 aromatic heterocycles. The van der Waals surface area contributed by atoms with Crippen molar-refractivity contribution >= 4 is 28.2 Å². The summed E-state index contributed by atoms with van der Waals surface area (Å²) in [4.78, 5) is 30.5. The third kappa shape index (κ3) is 4.57. The third-order valence-corrected chi connectivity index (χ3v) is 6.37. The Morgan fingerprint density at radius 1 is 0.861 bits per heavy atom. The maximum atomic E-state index is 15.3. The minimum atomic E-state index is -0.729. The van der Waals surface area contributed by atoms with Gasteiger partial charge in [0.2, 0.25) is 5.43 Å². The van der Waals surface area contributed by atoms with Gasteiger partial charge in [-0.1, -0.05) is 0 Å². The summed E-state index contributed by atoms with van der Waals surface area (Å²) in [5, 5.41) is 2.59. The first-order valence-corrected chi connectivity index (χ1v) is 11.5. The molecule has 1 aliphatic rings. The zero-order valence-corrected chi connectivity index (χ0v) is 19.5. The number of halogens is 3. The second-order valence-corrected chi connectivity index (χ2v) is 8.79. The molecule has 1 aliphatic heterocycles. The van der Waals surface area contributed by atoms with E-state index in [9.17, 15) is 18.4 Å². The summed E-state index contributed by atoms with van der Waals surface area (Å²) in [6, 6.07) is 13.4.